The van der Waals surface area contributed by atoms with Crippen LogP contribution in [0.1, 0.15) is 65.1 Å². The summed E-state index contributed by atoms with van der Waals surface area (Å²) >= 11 is 0. The fraction of sp³-hybridized carbons (Fsp3) is 0.750. The van der Waals surface area contributed by atoms with Crippen molar-refractivity contribution in [1.29, 1.82) is 0 Å². The van der Waals surface area contributed by atoms with Crippen molar-refractivity contribution in [3.8, 4) is 5.88 Å². The van der Waals surface area contributed by atoms with Crippen LogP contribution in [-0.4, -0.2) is 23.1 Å². The molecular formula is C16H29N3O. The van der Waals surface area contributed by atoms with Crippen LogP contribution in [0.5, 0.6) is 5.88 Å². The Hall–Kier alpha value is -1.32. The largest absolute Gasteiger partial charge is 0.478 e. The summed E-state index contributed by atoms with van der Waals surface area (Å²) in [5, 5.41) is 3.39. The molecule has 0 unspecified atom stereocenters. The Kier molecular flexibility index (Phi) is 8.76. The number of ether oxygens (including phenoxy) is 1. The van der Waals surface area contributed by atoms with Crippen molar-refractivity contribution in [3.05, 3.63) is 11.9 Å². The zero-order valence-corrected chi connectivity index (χ0v) is 13.2. The molecule has 0 aliphatic heterocycles. The van der Waals surface area contributed by atoms with Crippen molar-refractivity contribution < 1.29 is 4.74 Å². The molecule has 0 saturated heterocycles. The van der Waals surface area contributed by atoms with Crippen LogP contribution in [0, 0.1) is 0 Å². The average molecular weight is 279 g/mol. The maximum absolute atomic E-state index is 5.64. The Labute approximate surface area is 123 Å². The Bertz CT molecular complexity index is 369. The van der Waals surface area contributed by atoms with E-state index in [1.807, 2.05) is 6.07 Å². The van der Waals surface area contributed by atoms with E-state index in [1.54, 1.807) is 0 Å². The van der Waals surface area contributed by atoms with Gasteiger partial charge in [0, 0.05) is 19.0 Å². The second kappa shape index (κ2) is 10.5. The SMILES string of the molecule is CCCCCCNc1cc(OCCC)nc(CCC)n1. The van der Waals surface area contributed by atoms with Crippen LogP contribution in [0.4, 0.5) is 5.82 Å². The van der Waals surface area contributed by atoms with Gasteiger partial charge in [-0.1, -0.05) is 40.0 Å². The van der Waals surface area contributed by atoms with E-state index >= 15 is 0 Å². The molecule has 1 N–H and O–H groups in total. The Morgan fingerprint density at radius 1 is 1.00 bits per heavy atom. The third-order valence-corrected chi connectivity index (χ3v) is 3.01. The number of hydrogen-bond donors (Lipinski definition) is 1. The summed E-state index contributed by atoms with van der Waals surface area (Å²) in [5.41, 5.74) is 0. The molecule has 0 bridgehead atoms. The summed E-state index contributed by atoms with van der Waals surface area (Å²) in [4.78, 5) is 8.99. The Morgan fingerprint density at radius 2 is 1.85 bits per heavy atom. The summed E-state index contributed by atoms with van der Waals surface area (Å²) in [6, 6.07) is 1.91. The molecular weight excluding hydrogens is 250 g/mol. The summed E-state index contributed by atoms with van der Waals surface area (Å²) < 4.78 is 5.64. The molecule has 20 heavy (non-hydrogen) atoms. The summed E-state index contributed by atoms with van der Waals surface area (Å²) in [5.74, 6) is 2.46. The minimum Gasteiger partial charge on any atom is -0.478 e. The highest BCUT2D eigenvalue weighted by atomic mass is 16.5. The molecule has 1 heterocycles. The molecule has 0 fully saturated rings. The smallest absolute Gasteiger partial charge is 0.218 e. The van der Waals surface area contributed by atoms with Gasteiger partial charge in [0.2, 0.25) is 5.88 Å². The van der Waals surface area contributed by atoms with Gasteiger partial charge in [-0.15, -0.1) is 0 Å². The normalized spacial score (nSPS) is 10.6. The van der Waals surface area contributed by atoms with E-state index in [9.17, 15) is 0 Å². The molecule has 0 aliphatic rings. The molecule has 0 saturated carbocycles. The van der Waals surface area contributed by atoms with Crippen LogP contribution >= 0.6 is 0 Å². The van der Waals surface area contributed by atoms with Gasteiger partial charge < -0.3 is 10.1 Å². The fourth-order valence-electron chi connectivity index (χ4n) is 1.95. The minimum absolute atomic E-state index is 0.696. The predicted octanol–water partition coefficient (Wildman–Crippen LogP) is 4.21. The highest BCUT2D eigenvalue weighted by Gasteiger charge is 2.05. The van der Waals surface area contributed by atoms with Crippen molar-refractivity contribution in [2.75, 3.05) is 18.5 Å². The van der Waals surface area contributed by atoms with Gasteiger partial charge in [0.05, 0.1) is 6.61 Å². The molecule has 4 nitrogen and oxygen atoms in total. The molecule has 0 amide bonds. The van der Waals surface area contributed by atoms with E-state index in [4.69, 9.17) is 4.74 Å². The lowest BCUT2D eigenvalue weighted by atomic mass is 10.2. The van der Waals surface area contributed by atoms with Crippen molar-refractivity contribution >= 4 is 5.82 Å². The van der Waals surface area contributed by atoms with E-state index in [2.05, 4.69) is 36.1 Å². The first kappa shape index (κ1) is 16.7. The lowest BCUT2D eigenvalue weighted by Crippen LogP contribution is -2.08. The zero-order chi connectivity index (χ0) is 14.6. The molecule has 1 aromatic heterocycles. The van der Waals surface area contributed by atoms with Gasteiger partial charge >= 0.3 is 0 Å². The van der Waals surface area contributed by atoms with Crippen LogP contribution in [0.15, 0.2) is 6.07 Å². The highest BCUT2D eigenvalue weighted by molar-refractivity contribution is 5.38. The first-order chi connectivity index (χ1) is 9.80. The fourth-order valence-corrected chi connectivity index (χ4v) is 1.95. The number of aromatic nitrogens is 2. The van der Waals surface area contributed by atoms with Gasteiger partial charge in [0.1, 0.15) is 11.6 Å². The summed E-state index contributed by atoms with van der Waals surface area (Å²) in [6.07, 6.45) is 7.97. The molecule has 1 aromatic rings. The number of aryl methyl sites for hydroxylation is 1. The van der Waals surface area contributed by atoms with Crippen molar-refractivity contribution in [3.63, 3.8) is 0 Å². The second-order valence-electron chi connectivity index (χ2n) is 5.09. The van der Waals surface area contributed by atoms with Gasteiger partial charge in [0.15, 0.2) is 0 Å². The molecule has 0 radical (unpaired) electrons. The van der Waals surface area contributed by atoms with E-state index in [1.165, 1.54) is 25.7 Å². The molecule has 4 heteroatoms. The monoisotopic (exact) mass is 279 g/mol. The maximum atomic E-state index is 5.64. The van der Waals surface area contributed by atoms with Crippen LogP contribution in [-0.2, 0) is 6.42 Å². The molecule has 0 spiro atoms. The topological polar surface area (TPSA) is 47.0 Å². The van der Waals surface area contributed by atoms with Crippen molar-refractivity contribution in [2.24, 2.45) is 0 Å². The summed E-state index contributed by atoms with van der Waals surface area (Å²) in [6.45, 7) is 8.14. The molecule has 0 aliphatic carbocycles. The van der Waals surface area contributed by atoms with Crippen LogP contribution in [0.3, 0.4) is 0 Å². The van der Waals surface area contributed by atoms with Gasteiger partial charge in [-0.05, 0) is 19.3 Å². The molecule has 0 aromatic carbocycles. The number of unbranched alkanes of at least 4 members (excludes halogenated alkanes) is 3. The standard InChI is InChI=1S/C16H29N3O/c1-4-7-8-9-11-17-15-13-16(20-12-6-3)19-14(18-15)10-5-2/h13H,4-12H2,1-3H3,(H,17,18,19). The van der Waals surface area contributed by atoms with Gasteiger partial charge in [-0.2, -0.15) is 4.98 Å². The quantitative estimate of drug-likeness (QED) is 0.616. The Balaban J connectivity index is 2.55. The van der Waals surface area contributed by atoms with Crippen LogP contribution < -0.4 is 10.1 Å². The van der Waals surface area contributed by atoms with Crippen molar-refractivity contribution in [1.82, 2.24) is 9.97 Å². The number of nitrogens with one attached hydrogen (secondary N) is 1. The lowest BCUT2D eigenvalue weighted by molar-refractivity contribution is 0.303. The number of anilines is 1. The van der Waals surface area contributed by atoms with Gasteiger partial charge in [-0.25, -0.2) is 4.98 Å². The first-order valence-corrected chi connectivity index (χ1v) is 8.04. The third-order valence-electron chi connectivity index (χ3n) is 3.01. The molecule has 1 rings (SSSR count). The average Bonchev–Trinajstić information content (AvgIpc) is 2.45. The number of rotatable bonds is 11. The van der Waals surface area contributed by atoms with Crippen molar-refractivity contribution in [2.45, 2.75) is 65.7 Å². The van der Waals surface area contributed by atoms with E-state index in [-0.39, 0.29) is 0 Å². The summed E-state index contributed by atoms with van der Waals surface area (Å²) in [7, 11) is 0. The predicted molar refractivity (Wildman–Crippen MR) is 84.4 cm³/mol. The number of nitrogens with zero attached hydrogens (tertiary/aromatic N) is 2. The number of hydrogen-bond acceptors (Lipinski definition) is 4. The van der Waals surface area contributed by atoms with Crippen LogP contribution in [0.2, 0.25) is 0 Å². The molecule has 0 atom stereocenters. The third kappa shape index (κ3) is 6.73. The first-order valence-electron chi connectivity index (χ1n) is 8.04. The lowest BCUT2D eigenvalue weighted by Gasteiger charge is -2.10. The van der Waals surface area contributed by atoms with Gasteiger partial charge in [0.25, 0.3) is 0 Å². The van der Waals surface area contributed by atoms with E-state index in [0.29, 0.717) is 12.5 Å². The zero-order valence-electron chi connectivity index (χ0n) is 13.2. The minimum atomic E-state index is 0.696. The van der Waals surface area contributed by atoms with Crippen LogP contribution in [0.25, 0.3) is 0 Å². The van der Waals surface area contributed by atoms with E-state index in [0.717, 1.165) is 37.4 Å². The molecule has 114 valence electrons. The highest BCUT2D eigenvalue weighted by Crippen LogP contribution is 2.15. The van der Waals surface area contributed by atoms with Gasteiger partial charge in [-0.3, -0.25) is 0 Å². The Morgan fingerprint density at radius 3 is 2.55 bits per heavy atom. The van der Waals surface area contributed by atoms with E-state index < -0.39 is 0 Å². The second-order valence-corrected chi connectivity index (χ2v) is 5.09. The maximum Gasteiger partial charge on any atom is 0.218 e.